The molecule has 4 nitrogen and oxygen atoms in total. The van der Waals surface area contributed by atoms with Crippen LogP contribution in [0.4, 0.5) is 10.8 Å². The van der Waals surface area contributed by atoms with Gasteiger partial charge in [-0.05, 0) is 24.5 Å². The molecule has 3 rings (SSSR count). The minimum atomic E-state index is -1.03. The van der Waals surface area contributed by atoms with E-state index in [9.17, 15) is 4.79 Å². The fourth-order valence-electron chi connectivity index (χ4n) is 2.27. The molecule has 0 atom stereocenters. The van der Waals surface area contributed by atoms with E-state index in [0.29, 0.717) is 5.13 Å². The maximum absolute atomic E-state index is 11.0. The van der Waals surface area contributed by atoms with Crippen LogP contribution in [0.1, 0.15) is 21.7 Å². The first-order chi connectivity index (χ1) is 9.16. The first-order valence-corrected chi connectivity index (χ1v) is 7.11. The van der Waals surface area contributed by atoms with Gasteiger partial charge in [0.15, 0.2) is 15.2 Å². The number of aromatic nitrogens is 1. The number of halogens is 1. The highest BCUT2D eigenvalue weighted by Crippen LogP contribution is 2.37. The minimum Gasteiger partial charge on any atom is -0.477 e. The number of nitrogens with zero attached hydrogens (tertiary/aromatic N) is 2. The molecule has 1 N–H and O–H groups in total. The molecular formula is C13H11ClN2O2S. The molecule has 2 aromatic rings. The Morgan fingerprint density at radius 3 is 2.95 bits per heavy atom. The van der Waals surface area contributed by atoms with Gasteiger partial charge in [0.2, 0.25) is 0 Å². The first kappa shape index (κ1) is 12.4. The zero-order valence-corrected chi connectivity index (χ0v) is 11.5. The summed E-state index contributed by atoms with van der Waals surface area (Å²) in [5.74, 6) is -1.03. The van der Waals surface area contributed by atoms with E-state index in [1.54, 1.807) is 0 Å². The molecule has 0 spiro atoms. The van der Waals surface area contributed by atoms with Gasteiger partial charge in [-0.15, -0.1) is 0 Å². The normalized spacial score (nSPS) is 14.3. The lowest BCUT2D eigenvalue weighted by Gasteiger charge is -2.28. The highest BCUT2D eigenvalue weighted by atomic mass is 35.5. The molecule has 1 aromatic carbocycles. The fourth-order valence-corrected chi connectivity index (χ4v) is 3.43. The second-order valence-corrected chi connectivity index (χ2v) is 5.64. The molecule has 19 heavy (non-hydrogen) atoms. The minimum absolute atomic E-state index is 0.0653. The average Bonchev–Trinajstić information content (AvgIpc) is 2.80. The molecule has 0 saturated heterocycles. The SMILES string of the molecule is O=C(O)c1sc(N2CCCc3ccccc32)nc1Cl. The summed E-state index contributed by atoms with van der Waals surface area (Å²) in [5.41, 5.74) is 2.35. The molecule has 0 unspecified atom stereocenters. The third kappa shape index (κ3) is 2.19. The van der Waals surface area contributed by atoms with E-state index >= 15 is 0 Å². The van der Waals surface area contributed by atoms with Crippen molar-refractivity contribution < 1.29 is 9.90 Å². The summed E-state index contributed by atoms with van der Waals surface area (Å²) in [6, 6.07) is 8.11. The van der Waals surface area contributed by atoms with Gasteiger partial charge in [-0.3, -0.25) is 0 Å². The standard InChI is InChI=1S/C13H11ClN2O2S/c14-11-10(12(17)18)19-13(15-11)16-7-3-5-8-4-1-2-6-9(8)16/h1-2,4,6H,3,5,7H2,(H,17,18). The molecule has 0 fully saturated rings. The number of carboxylic acid groups (broad SMARTS) is 1. The van der Waals surface area contributed by atoms with Gasteiger partial charge in [0.1, 0.15) is 0 Å². The zero-order chi connectivity index (χ0) is 13.4. The van der Waals surface area contributed by atoms with Crippen LogP contribution in [-0.2, 0) is 6.42 Å². The lowest BCUT2D eigenvalue weighted by Crippen LogP contribution is -2.24. The molecule has 6 heteroatoms. The molecular weight excluding hydrogens is 284 g/mol. The van der Waals surface area contributed by atoms with Gasteiger partial charge in [0.25, 0.3) is 0 Å². The highest BCUT2D eigenvalue weighted by Gasteiger charge is 2.23. The molecule has 0 bridgehead atoms. The molecule has 1 aliphatic rings. The van der Waals surface area contributed by atoms with E-state index in [2.05, 4.69) is 11.1 Å². The Bertz CT molecular complexity index is 641. The first-order valence-electron chi connectivity index (χ1n) is 5.92. The van der Waals surface area contributed by atoms with Crippen LogP contribution in [0.25, 0.3) is 0 Å². The highest BCUT2D eigenvalue weighted by molar-refractivity contribution is 7.18. The second kappa shape index (κ2) is 4.83. The number of fused-ring (bicyclic) bond motifs is 1. The predicted molar refractivity (Wildman–Crippen MR) is 75.9 cm³/mol. The van der Waals surface area contributed by atoms with E-state index < -0.39 is 5.97 Å². The van der Waals surface area contributed by atoms with E-state index in [0.717, 1.165) is 36.4 Å². The van der Waals surface area contributed by atoms with Crippen LogP contribution in [0, 0.1) is 0 Å². The summed E-state index contributed by atoms with van der Waals surface area (Å²) >= 11 is 7.00. The summed E-state index contributed by atoms with van der Waals surface area (Å²) < 4.78 is 0. The fraction of sp³-hybridized carbons (Fsp3) is 0.231. The third-order valence-corrected chi connectivity index (χ3v) is 4.56. The van der Waals surface area contributed by atoms with E-state index in [1.807, 2.05) is 23.1 Å². The summed E-state index contributed by atoms with van der Waals surface area (Å²) in [6.45, 7) is 0.833. The predicted octanol–water partition coefficient (Wildman–Crippen LogP) is 3.58. The van der Waals surface area contributed by atoms with Crippen LogP contribution in [0.5, 0.6) is 0 Å². The lowest BCUT2D eigenvalue weighted by atomic mass is 10.0. The number of benzene rings is 1. The van der Waals surface area contributed by atoms with Crippen molar-refractivity contribution in [2.75, 3.05) is 11.4 Å². The zero-order valence-electron chi connectivity index (χ0n) is 9.97. The Kier molecular flexibility index (Phi) is 3.16. The topological polar surface area (TPSA) is 53.4 Å². The molecule has 98 valence electrons. The quantitative estimate of drug-likeness (QED) is 0.920. The Labute approximate surface area is 119 Å². The molecule has 0 aliphatic carbocycles. The summed E-state index contributed by atoms with van der Waals surface area (Å²) in [4.78, 5) is 17.4. The van der Waals surface area contributed by atoms with Gasteiger partial charge in [-0.2, -0.15) is 0 Å². The van der Waals surface area contributed by atoms with Gasteiger partial charge < -0.3 is 10.0 Å². The Morgan fingerprint density at radius 1 is 1.42 bits per heavy atom. The number of rotatable bonds is 2. The van der Waals surface area contributed by atoms with Gasteiger partial charge in [0, 0.05) is 12.2 Å². The molecule has 1 aromatic heterocycles. The van der Waals surface area contributed by atoms with Crippen LogP contribution in [0.2, 0.25) is 5.15 Å². The van der Waals surface area contributed by atoms with Gasteiger partial charge >= 0.3 is 5.97 Å². The lowest BCUT2D eigenvalue weighted by molar-refractivity contribution is 0.0702. The molecule has 2 heterocycles. The van der Waals surface area contributed by atoms with Gasteiger partial charge in [-0.1, -0.05) is 41.1 Å². The van der Waals surface area contributed by atoms with Crippen LogP contribution >= 0.6 is 22.9 Å². The number of aromatic carboxylic acids is 1. The van der Waals surface area contributed by atoms with Crippen LogP contribution < -0.4 is 4.90 Å². The van der Waals surface area contributed by atoms with Crippen molar-refractivity contribution in [3.8, 4) is 0 Å². The van der Waals surface area contributed by atoms with Crippen molar-refractivity contribution in [2.45, 2.75) is 12.8 Å². The van der Waals surface area contributed by atoms with E-state index in [1.165, 1.54) is 5.56 Å². The van der Waals surface area contributed by atoms with Crippen LogP contribution in [0.3, 0.4) is 0 Å². The summed E-state index contributed by atoms with van der Waals surface area (Å²) in [7, 11) is 0. The number of hydrogen-bond donors (Lipinski definition) is 1. The van der Waals surface area contributed by atoms with Crippen molar-refractivity contribution in [2.24, 2.45) is 0 Å². The number of thiazole rings is 1. The number of anilines is 2. The van der Waals surface area contributed by atoms with E-state index in [-0.39, 0.29) is 10.0 Å². The van der Waals surface area contributed by atoms with Crippen molar-refractivity contribution in [3.05, 3.63) is 39.9 Å². The van der Waals surface area contributed by atoms with Crippen LogP contribution in [-0.4, -0.2) is 22.6 Å². The van der Waals surface area contributed by atoms with E-state index in [4.69, 9.17) is 16.7 Å². The average molecular weight is 295 g/mol. The number of aryl methyl sites for hydroxylation is 1. The van der Waals surface area contributed by atoms with Crippen LogP contribution in [0.15, 0.2) is 24.3 Å². The smallest absolute Gasteiger partial charge is 0.349 e. The van der Waals surface area contributed by atoms with Crippen molar-refractivity contribution in [3.63, 3.8) is 0 Å². The number of carboxylic acids is 1. The summed E-state index contributed by atoms with van der Waals surface area (Å²) in [6.07, 6.45) is 2.06. The Balaban J connectivity index is 2.04. The number of para-hydroxylation sites is 1. The third-order valence-electron chi connectivity index (χ3n) is 3.11. The number of carbonyl (C=O) groups is 1. The second-order valence-electron chi connectivity index (χ2n) is 4.31. The maximum Gasteiger partial charge on any atom is 0.349 e. The molecule has 0 saturated carbocycles. The molecule has 0 radical (unpaired) electrons. The molecule has 1 aliphatic heterocycles. The van der Waals surface area contributed by atoms with Crippen molar-refractivity contribution >= 4 is 39.7 Å². The van der Waals surface area contributed by atoms with Gasteiger partial charge in [0.05, 0.1) is 0 Å². The van der Waals surface area contributed by atoms with Gasteiger partial charge in [-0.25, -0.2) is 9.78 Å². The Hall–Kier alpha value is -1.59. The Morgan fingerprint density at radius 2 is 2.21 bits per heavy atom. The molecule has 0 amide bonds. The number of hydrogen-bond acceptors (Lipinski definition) is 4. The van der Waals surface area contributed by atoms with Crippen molar-refractivity contribution in [1.29, 1.82) is 0 Å². The van der Waals surface area contributed by atoms with Crippen molar-refractivity contribution in [1.82, 2.24) is 4.98 Å². The monoisotopic (exact) mass is 294 g/mol. The maximum atomic E-state index is 11.0. The summed E-state index contributed by atoms with van der Waals surface area (Å²) in [5, 5.41) is 9.75. The largest absolute Gasteiger partial charge is 0.477 e.